The minimum atomic E-state index is -3.50. The van der Waals surface area contributed by atoms with Crippen LogP contribution in [0.1, 0.15) is 12.8 Å². The third-order valence-corrected chi connectivity index (χ3v) is 4.92. The van der Waals surface area contributed by atoms with E-state index >= 15 is 0 Å². The standard InChI is InChI=1S/C13H20N2O5S/c16-7-13(8-17,9-18)14-10-3-5-12(6-4-10)21(19,20)15-11-1-2-11/h3-6,11,14-18H,1-2,7-9H2. The fraction of sp³-hybridized carbons (Fsp3) is 0.538. The summed E-state index contributed by atoms with van der Waals surface area (Å²) in [6, 6.07) is 5.96. The number of aliphatic hydroxyl groups excluding tert-OH is 3. The Morgan fingerprint density at radius 1 is 1.05 bits per heavy atom. The smallest absolute Gasteiger partial charge is 0.240 e. The quantitative estimate of drug-likeness (QED) is 0.431. The third kappa shape index (κ3) is 3.92. The maximum atomic E-state index is 12.0. The monoisotopic (exact) mass is 316 g/mol. The van der Waals surface area contributed by atoms with Crippen molar-refractivity contribution in [1.29, 1.82) is 0 Å². The first-order chi connectivity index (χ1) is 9.94. The summed E-state index contributed by atoms with van der Waals surface area (Å²) in [4.78, 5) is 0.155. The lowest BCUT2D eigenvalue weighted by molar-refractivity contribution is 0.0833. The Labute approximate surface area is 123 Å². The summed E-state index contributed by atoms with van der Waals surface area (Å²) >= 11 is 0. The van der Waals surface area contributed by atoms with Crippen LogP contribution in [0.2, 0.25) is 0 Å². The van der Waals surface area contributed by atoms with Crippen LogP contribution in [-0.4, -0.2) is 55.1 Å². The minimum Gasteiger partial charge on any atom is -0.394 e. The van der Waals surface area contributed by atoms with Crippen molar-refractivity contribution in [3.63, 3.8) is 0 Å². The average Bonchev–Trinajstić information content (AvgIpc) is 3.29. The summed E-state index contributed by atoms with van der Waals surface area (Å²) in [5.41, 5.74) is -0.746. The first-order valence-corrected chi connectivity index (χ1v) is 8.16. The number of anilines is 1. The Kier molecular flexibility index (Phi) is 4.84. The molecule has 0 aromatic heterocycles. The zero-order valence-electron chi connectivity index (χ0n) is 11.5. The first-order valence-electron chi connectivity index (χ1n) is 6.68. The molecule has 0 heterocycles. The van der Waals surface area contributed by atoms with E-state index in [1.54, 1.807) is 0 Å². The third-order valence-electron chi connectivity index (χ3n) is 3.38. The molecule has 0 bridgehead atoms. The summed E-state index contributed by atoms with van der Waals surface area (Å²) in [6.45, 7) is -1.37. The van der Waals surface area contributed by atoms with E-state index in [0.29, 0.717) is 5.69 Å². The molecule has 2 rings (SSSR count). The van der Waals surface area contributed by atoms with Crippen LogP contribution in [0.5, 0.6) is 0 Å². The normalized spacial score (nSPS) is 16.0. The molecule has 5 N–H and O–H groups in total. The van der Waals surface area contributed by atoms with Crippen molar-refractivity contribution in [3.8, 4) is 0 Å². The van der Waals surface area contributed by atoms with Gasteiger partial charge in [-0.25, -0.2) is 13.1 Å². The van der Waals surface area contributed by atoms with Gasteiger partial charge in [0.25, 0.3) is 0 Å². The fourth-order valence-electron chi connectivity index (χ4n) is 1.78. The van der Waals surface area contributed by atoms with Crippen molar-refractivity contribution in [2.75, 3.05) is 25.1 Å². The van der Waals surface area contributed by atoms with E-state index in [4.69, 9.17) is 0 Å². The number of nitrogens with one attached hydrogen (secondary N) is 2. The van der Waals surface area contributed by atoms with Gasteiger partial charge >= 0.3 is 0 Å². The lowest BCUT2D eigenvalue weighted by Gasteiger charge is -2.29. The van der Waals surface area contributed by atoms with E-state index in [1.165, 1.54) is 24.3 Å². The Bertz CT molecular complexity index is 556. The molecule has 8 heteroatoms. The predicted octanol–water partition coefficient (Wildman–Crippen LogP) is -0.745. The molecule has 1 saturated carbocycles. The molecule has 0 atom stereocenters. The number of aliphatic hydroxyl groups is 3. The molecule has 1 aliphatic rings. The zero-order valence-corrected chi connectivity index (χ0v) is 12.3. The number of hydrogen-bond acceptors (Lipinski definition) is 6. The maximum Gasteiger partial charge on any atom is 0.240 e. The summed E-state index contributed by atoms with van der Waals surface area (Å²) in [6.07, 6.45) is 1.73. The molecule has 0 unspecified atom stereocenters. The minimum absolute atomic E-state index is 0.0404. The molecule has 21 heavy (non-hydrogen) atoms. The van der Waals surface area contributed by atoms with Gasteiger partial charge in [-0.15, -0.1) is 0 Å². The number of rotatable bonds is 8. The van der Waals surface area contributed by atoms with E-state index in [9.17, 15) is 23.7 Å². The van der Waals surface area contributed by atoms with Gasteiger partial charge in [0.15, 0.2) is 0 Å². The first kappa shape index (κ1) is 16.2. The van der Waals surface area contributed by atoms with Gasteiger partial charge in [0.05, 0.1) is 24.7 Å². The Morgan fingerprint density at radius 3 is 2.00 bits per heavy atom. The van der Waals surface area contributed by atoms with E-state index in [1.807, 2.05) is 0 Å². The van der Waals surface area contributed by atoms with Crippen LogP contribution in [0.4, 0.5) is 5.69 Å². The van der Waals surface area contributed by atoms with E-state index in [2.05, 4.69) is 10.0 Å². The second-order valence-corrected chi connectivity index (χ2v) is 7.01. The SMILES string of the molecule is O=S(=O)(NC1CC1)c1ccc(NC(CO)(CO)CO)cc1. The number of benzene rings is 1. The molecule has 7 nitrogen and oxygen atoms in total. The van der Waals surface area contributed by atoms with Crippen LogP contribution in [-0.2, 0) is 10.0 Å². The van der Waals surface area contributed by atoms with Crippen molar-refractivity contribution >= 4 is 15.7 Å². The largest absolute Gasteiger partial charge is 0.394 e. The molecule has 1 fully saturated rings. The second kappa shape index (κ2) is 6.29. The molecular weight excluding hydrogens is 296 g/mol. The predicted molar refractivity (Wildman–Crippen MR) is 77.4 cm³/mol. The van der Waals surface area contributed by atoms with E-state index < -0.39 is 35.4 Å². The van der Waals surface area contributed by atoms with E-state index in [-0.39, 0.29) is 10.9 Å². The van der Waals surface area contributed by atoms with Gasteiger partial charge in [-0.2, -0.15) is 0 Å². The van der Waals surface area contributed by atoms with Crippen molar-refractivity contribution in [2.45, 2.75) is 29.3 Å². The van der Waals surface area contributed by atoms with Gasteiger partial charge in [0, 0.05) is 11.7 Å². The van der Waals surface area contributed by atoms with Crippen LogP contribution in [0, 0.1) is 0 Å². The van der Waals surface area contributed by atoms with Crippen LogP contribution < -0.4 is 10.0 Å². The van der Waals surface area contributed by atoms with Gasteiger partial charge in [-0.05, 0) is 37.1 Å². The molecule has 118 valence electrons. The lowest BCUT2D eigenvalue weighted by atomic mass is 10.0. The summed E-state index contributed by atoms with van der Waals surface area (Å²) in [7, 11) is -3.50. The van der Waals surface area contributed by atoms with Gasteiger partial charge in [-0.3, -0.25) is 0 Å². The molecule has 1 aromatic rings. The van der Waals surface area contributed by atoms with Crippen molar-refractivity contribution in [2.24, 2.45) is 0 Å². The highest BCUT2D eigenvalue weighted by molar-refractivity contribution is 7.89. The second-order valence-electron chi connectivity index (χ2n) is 5.30. The van der Waals surface area contributed by atoms with Crippen LogP contribution in [0.15, 0.2) is 29.2 Å². The molecule has 0 saturated heterocycles. The summed E-state index contributed by atoms with van der Waals surface area (Å²) in [5, 5.41) is 30.5. The number of hydrogen-bond donors (Lipinski definition) is 5. The topological polar surface area (TPSA) is 119 Å². The molecule has 0 aliphatic heterocycles. The Morgan fingerprint density at radius 2 is 1.57 bits per heavy atom. The summed E-state index contributed by atoms with van der Waals surface area (Å²) in [5.74, 6) is 0. The summed E-state index contributed by atoms with van der Waals surface area (Å²) < 4.78 is 26.6. The molecule has 0 amide bonds. The lowest BCUT2D eigenvalue weighted by Crippen LogP contribution is -2.49. The highest BCUT2D eigenvalue weighted by Crippen LogP contribution is 2.23. The van der Waals surface area contributed by atoms with Crippen LogP contribution >= 0.6 is 0 Å². The fourth-order valence-corrected chi connectivity index (χ4v) is 3.09. The highest BCUT2D eigenvalue weighted by atomic mass is 32.2. The molecular formula is C13H20N2O5S. The highest BCUT2D eigenvalue weighted by Gasteiger charge is 2.29. The molecule has 0 radical (unpaired) electrons. The Balaban J connectivity index is 2.11. The molecule has 1 aliphatic carbocycles. The van der Waals surface area contributed by atoms with Gasteiger partial charge in [0.1, 0.15) is 5.54 Å². The molecule has 1 aromatic carbocycles. The molecule has 0 spiro atoms. The van der Waals surface area contributed by atoms with Gasteiger partial charge in [-0.1, -0.05) is 0 Å². The van der Waals surface area contributed by atoms with E-state index in [0.717, 1.165) is 12.8 Å². The van der Waals surface area contributed by atoms with Crippen LogP contribution in [0.3, 0.4) is 0 Å². The zero-order chi connectivity index (χ0) is 15.5. The number of sulfonamides is 1. The van der Waals surface area contributed by atoms with Crippen LogP contribution in [0.25, 0.3) is 0 Å². The Hall–Kier alpha value is -1.19. The van der Waals surface area contributed by atoms with Gasteiger partial charge in [0.2, 0.25) is 10.0 Å². The average molecular weight is 316 g/mol. The van der Waals surface area contributed by atoms with Crippen molar-refractivity contribution in [1.82, 2.24) is 4.72 Å². The van der Waals surface area contributed by atoms with Crippen molar-refractivity contribution in [3.05, 3.63) is 24.3 Å². The maximum absolute atomic E-state index is 12.0. The van der Waals surface area contributed by atoms with Crippen molar-refractivity contribution < 1.29 is 23.7 Å². The van der Waals surface area contributed by atoms with Gasteiger partial charge < -0.3 is 20.6 Å².